The van der Waals surface area contributed by atoms with Crippen molar-refractivity contribution in [2.24, 2.45) is 0 Å². The minimum absolute atomic E-state index is 0.688. The van der Waals surface area contributed by atoms with Crippen LogP contribution >= 0.6 is 27.7 Å². The van der Waals surface area contributed by atoms with Crippen LogP contribution in [0.3, 0.4) is 0 Å². The smallest absolute Gasteiger partial charge is 0.260 e. The molecular formula is C14H15BrN2OS. The van der Waals surface area contributed by atoms with Crippen LogP contribution in [0.5, 0.6) is 0 Å². The largest absolute Gasteiger partial charge is 0.439 e. The van der Waals surface area contributed by atoms with Crippen LogP contribution in [0.25, 0.3) is 0 Å². The van der Waals surface area contributed by atoms with E-state index in [-0.39, 0.29) is 0 Å². The maximum Gasteiger partial charge on any atom is 0.260 e. The lowest BCUT2D eigenvalue weighted by molar-refractivity contribution is 0.454. The summed E-state index contributed by atoms with van der Waals surface area (Å²) in [7, 11) is 0. The summed E-state index contributed by atoms with van der Waals surface area (Å²) in [6.07, 6.45) is 4.30. The number of aromatic nitrogens is 1. The van der Waals surface area contributed by atoms with Crippen LogP contribution in [-0.4, -0.2) is 11.0 Å². The summed E-state index contributed by atoms with van der Waals surface area (Å²) in [5.41, 5.74) is 2.20. The Bertz CT molecular complexity index is 581. The SMILES string of the molecule is Cc1coc(Sc2ccc(CNC3CC3)c(Br)c2)n1. The van der Waals surface area contributed by atoms with Crippen LogP contribution in [0.15, 0.2) is 43.5 Å². The molecule has 2 aromatic rings. The van der Waals surface area contributed by atoms with E-state index in [1.54, 1.807) is 6.26 Å². The fourth-order valence-corrected chi connectivity index (χ4v) is 3.23. The highest BCUT2D eigenvalue weighted by molar-refractivity contribution is 9.10. The van der Waals surface area contributed by atoms with Gasteiger partial charge in [-0.15, -0.1) is 0 Å². The summed E-state index contributed by atoms with van der Waals surface area (Å²) in [5.74, 6) is 0. The van der Waals surface area contributed by atoms with E-state index < -0.39 is 0 Å². The van der Waals surface area contributed by atoms with Crippen LogP contribution in [0.4, 0.5) is 0 Å². The lowest BCUT2D eigenvalue weighted by Gasteiger charge is -2.07. The molecule has 0 spiro atoms. The molecule has 0 bridgehead atoms. The molecule has 1 aromatic heterocycles. The Morgan fingerprint density at radius 1 is 1.47 bits per heavy atom. The predicted octanol–water partition coefficient (Wildman–Crippen LogP) is 4.15. The van der Waals surface area contributed by atoms with Crippen LogP contribution < -0.4 is 5.32 Å². The van der Waals surface area contributed by atoms with Gasteiger partial charge in [0.1, 0.15) is 6.26 Å². The number of nitrogens with zero attached hydrogens (tertiary/aromatic N) is 1. The molecule has 19 heavy (non-hydrogen) atoms. The van der Waals surface area contributed by atoms with Crippen LogP contribution in [0, 0.1) is 6.92 Å². The molecule has 1 heterocycles. The zero-order valence-electron chi connectivity index (χ0n) is 10.6. The fraction of sp³-hybridized carbons (Fsp3) is 0.357. The van der Waals surface area contributed by atoms with Crippen molar-refractivity contribution in [2.45, 2.75) is 42.5 Å². The molecule has 0 atom stereocenters. The maximum atomic E-state index is 5.35. The molecule has 5 heteroatoms. The monoisotopic (exact) mass is 338 g/mol. The van der Waals surface area contributed by atoms with Crippen LogP contribution in [-0.2, 0) is 6.54 Å². The maximum absolute atomic E-state index is 5.35. The number of nitrogens with one attached hydrogen (secondary N) is 1. The molecule has 0 unspecified atom stereocenters. The third-order valence-electron chi connectivity index (χ3n) is 2.99. The molecule has 3 nitrogen and oxygen atoms in total. The van der Waals surface area contributed by atoms with E-state index in [0.29, 0.717) is 5.22 Å². The number of halogens is 1. The Hall–Kier alpha value is -0.780. The summed E-state index contributed by atoms with van der Waals surface area (Å²) in [4.78, 5) is 5.42. The summed E-state index contributed by atoms with van der Waals surface area (Å²) in [5, 5.41) is 4.21. The third kappa shape index (κ3) is 3.61. The van der Waals surface area contributed by atoms with Gasteiger partial charge >= 0.3 is 0 Å². The van der Waals surface area contributed by atoms with E-state index in [0.717, 1.165) is 27.6 Å². The number of hydrogen-bond acceptors (Lipinski definition) is 4. The Labute approximate surface area is 125 Å². The Morgan fingerprint density at radius 3 is 2.95 bits per heavy atom. The zero-order valence-corrected chi connectivity index (χ0v) is 13.1. The van der Waals surface area contributed by atoms with Gasteiger partial charge in [-0.3, -0.25) is 0 Å². The standard InChI is InChI=1S/C14H15BrN2OS/c1-9-8-18-14(17-9)19-12-5-2-10(13(15)6-12)7-16-11-3-4-11/h2,5-6,8,11,16H,3-4,7H2,1H3. The molecule has 1 saturated carbocycles. The van der Waals surface area contributed by atoms with Crippen molar-refractivity contribution in [1.82, 2.24) is 10.3 Å². The second-order valence-electron chi connectivity index (χ2n) is 4.77. The second-order valence-corrected chi connectivity index (χ2v) is 6.64. The van der Waals surface area contributed by atoms with Gasteiger partial charge in [0.15, 0.2) is 0 Å². The van der Waals surface area contributed by atoms with Gasteiger partial charge in [-0.1, -0.05) is 22.0 Å². The molecule has 0 radical (unpaired) electrons. The van der Waals surface area contributed by atoms with E-state index in [2.05, 4.69) is 44.4 Å². The van der Waals surface area contributed by atoms with Gasteiger partial charge in [-0.2, -0.15) is 0 Å². The quantitative estimate of drug-likeness (QED) is 0.888. The normalized spacial score (nSPS) is 14.8. The van der Waals surface area contributed by atoms with Gasteiger partial charge in [-0.25, -0.2) is 4.98 Å². The first-order valence-corrected chi connectivity index (χ1v) is 7.93. The number of hydrogen-bond donors (Lipinski definition) is 1. The molecule has 1 aliphatic rings. The van der Waals surface area contributed by atoms with Crippen molar-refractivity contribution in [1.29, 1.82) is 0 Å². The van der Waals surface area contributed by atoms with E-state index in [1.807, 2.05) is 6.92 Å². The molecule has 1 aliphatic carbocycles. The van der Waals surface area contributed by atoms with Crippen molar-refractivity contribution in [3.8, 4) is 0 Å². The summed E-state index contributed by atoms with van der Waals surface area (Å²) < 4.78 is 6.48. The highest BCUT2D eigenvalue weighted by Crippen LogP contribution is 2.31. The van der Waals surface area contributed by atoms with Gasteiger partial charge < -0.3 is 9.73 Å². The van der Waals surface area contributed by atoms with Gasteiger partial charge in [0.05, 0.1) is 5.69 Å². The summed E-state index contributed by atoms with van der Waals surface area (Å²) >= 11 is 5.17. The molecule has 0 aliphatic heterocycles. The molecular weight excluding hydrogens is 324 g/mol. The van der Waals surface area contributed by atoms with E-state index >= 15 is 0 Å². The lowest BCUT2D eigenvalue weighted by Crippen LogP contribution is -2.15. The molecule has 0 amide bonds. The Kier molecular flexibility index (Phi) is 3.96. The zero-order chi connectivity index (χ0) is 13.2. The number of aryl methyl sites for hydroxylation is 1. The number of rotatable bonds is 5. The second kappa shape index (κ2) is 5.69. The number of oxazole rings is 1. The molecule has 1 aromatic carbocycles. The molecule has 0 saturated heterocycles. The van der Waals surface area contributed by atoms with Gasteiger partial charge in [0, 0.05) is 22.0 Å². The van der Waals surface area contributed by atoms with Crippen molar-refractivity contribution in [2.75, 3.05) is 0 Å². The summed E-state index contributed by atoms with van der Waals surface area (Å²) in [6.45, 7) is 2.85. The average molecular weight is 339 g/mol. The van der Waals surface area contributed by atoms with Crippen molar-refractivity contribution in [3.05, 3.63) is 40.2 Å². The lowest BCUT2D eigenvalue weighted by atomic mass is 10.2. The molecule has 3 rings (SSSR count). The van der Waals surface area contributed by atoms with Gasteiger partial charge in [0.25, 0.3) is 5.22 Å². The molecule has 1 fully saturated rings. The minimum atomic E-state index is 0.688. The van der Waals surface area contributed by atoms with Crippen LogP contribution in [0.2, 0.25) is 0 Å². The van der Waals surface area contributed by atoms with Crippen molar-refractivity contribution >= 4 is 27.7 Å². The van der Waals surface area contributed by atoms with Gasteiger partial charge in [-0.05, 0) is 49.2 Å². The van der Waals surface area contributed by atoms with E-state index in [9.17, 15) is 0 Å². The molecule has 1 N–H and O–H groups in total. The first-order chi connectivity index (χ1) is 9.20. The highest BCUT2D eigenvalue weighted by Gasteiger charge is 2.20. The predicted molar refractivity (Wildman–Crippen MR) is 79.4 cm³/mol. The fourth-order valence-electron chi connectivity index (χ4n) is 1.76. The summed E-state index contributed by atoms with van der Waals surface area (Å²) in [6, 6.07) is 7.11. The van der Waals surface area contributed by atoms with E-state index in [4.69, 9.17) is 4.42 Å². The van der Waals surface area contributed by atoms with Gasteiger partial charge in [0.2, 0.25) is 0 Å². The minimum Gasteiger partial charge on any atom is -0.439 e. The average Bonchev–Trinajstić information content (AvgIpc) is 3.12. The first kappa shape index (κ1) is 13.2. The molecule has 100 valence electrons. The van der Waals surface area contributed by atoms with E-state index in [1.165, 1.54) is 30.2 Å². The number of benzene rings is 1. The Balaban J connectivity index is 1.67. The topological polar surface area (TPSA) is 38.1 Å². The van der Waals surface area contributed by atoms with Crippen molar-refractivity contribution < 1.29 is 4.42 Å². The van der Waals surface area contributed by atoms with Crippen molar-refractivity contribution in [3.63, 3.8) is 0 Å². The Morgan fingerprint density at radius 2 is 2.32 bits per heavy atom. The third-order valence-corrected chi connectivity index (χ3v) is 4.58. The highest BCUT2D eigenvalue weighted by atomic mass is 79.9. The first-order valence-electron chi connectivity index (χ1n) is 6.32. The van der Waals surface area contributed by atoms with Crippen LogP contribution in [0.1, 0.15) is 24.1 Å².